The van der Waals surface area contributed by atoms with Gasteiger partial charge in [-0.2, -0.15) is 10.2 Å². The third-order valence-corrected chi connectivity index (χ3v) is 4.46. The van der Waals surface area contributed by atoms with Gasteiger partial charge in [-0.3, -0.25) is 9.69 Å². The molecule has 114 valence electrons. The number of aromatic nitrogens is 2. The quantitative estimate of drug-likeness (QED) is 0.806. The average molecular weight is 290 g/mol. The number of carbonyl (C=O) groups is 1. The maximum Gasteiger partial charge on any atom is 0.255 e. The molecule has 0 spiro atoms. The molecule has 6 nitrogen and oxygen atoms in total. The van der Waals surface area contributed by atoms with Gasteiger partial charge in [-0.1, -0.05) is 0 Å². The zero-order valence-corrected chi connectivity index (χ0v) is 12.4. The lowest BCUT2D eigenvalue weighted by molar-refractivity contribution is 0.000695. The van der Waals surface area contributed by atoms with Gasteiger partial charge in [-0.05, 0) is 25.8 Å². The Morgan fingerprint density at radius 1 is 1.29 bits per heavy atom. The Morgan fingerprint density at radius 2 is 2.10 bits per heavy atom. The fraction of sp³-hybridized carbons (Fsp3) is 0.667. The summed E-state index contributed by atoms with van der Waals surface area (Å²) in [6.07, 6.45) is 5.32. The van der Waals surface area contributed by atoms with E-state index in [2.05, 4.69) is 22.0 Å². The molecule has 0 aromatic carbocycles. The predicted octanol–water partition coefficient (Wildman–Crippen LogP) is 0.802. The van der Waals surface area contributed by atoms with Gasteiger partial charge in [0.2, 0.25) is 0 Å². The SMILES string of the molecule is C[C@@H]1CN(C2CCOCC2)CCN1C(=O)c1ccnnc1. The van der Waals surface area contributed by atoms with E-state index in [4.69, 9.17) is 4.74 Å². The first-order valence-electron chi connectivity index (χ1n) is 7.65. The van der Waals surface area contributed by atoms with Crippen LogP contribution < -0.4 is 0 Å². The van der Waals surface area contributed by atoms with Crippen LogP contribution in [0.2, 0.25) is 0 Å². The Morgan fingerprint density at radius 3 is 2.76 bits per heavy atom. The summed E-state index contributed by atoms with van der Waals surface area (Å²) in [5.74, 6) is 0.0593. The number of piperazine rings is 1. The van der Waals surface area contributed by atoms with Crippen molar-refractivity contribution in [2.75, 3.05) is 32.8 Å². The van der Waals surface area contributed by atoms with Crippen molar-refractivity contribution in [3.63, 3.8) is 0 Å². The molecule has 0 N–H and O–H groups in total. The second-order valence-corrected chi connectivity index (χ2v) is 5.82. The van der Waals surface area contributed by atoms with Crippen LogP contribution in [0.15, 0.2) is 18.5 Å². The van der Waals surface area contributed by atoms with Crippen molar-refractivity contribution in [2.24, 2.45) is 0 Å². The Kier molecular flexibility index (Phi) is 4.45. The standard InChI is InChI=1S/C15H22N4O2/c1-12-11-18(14-3-8-21-9-4-14)6-7-19(12)15(20)13-2-5-16-17-10-13/h2,5,10,12,14H,3-4,6-9,11H2,1H3/t12-/m1/s1. The molecule has 0 bridgehead atoms. The van der Waals surface area contributed by atoms with E-state index in [1.54, 1.807) is 18.5 Å². The summed E-state index contributed by atoms with van der Waals surface area (Å²) in [5, 5.41) is 7.52. The van der Waals surface area contributed by atoms with Gasteiger partial charge >= 0.3 is 0 Å². The first-order chi connectivity index (χ1) is 10.3. The highest BCUT2D eigenvalue weighted by molar-refractivity contribution is 5.94. The van der Waals surface area contributed by atoms with Crippen molar-refractivity contribution in [2.45, 2.75) is 31.8 Å². The van der Waals surface area contributed by atoms with Crippen LogP contribution in [0.1, 0.15) is 30.1 Å². The minimum Gasteiger partial charge on any atom is -0.381 e. The molecule has 0 saturated carbocycles. The summed E-state index contributed by atoms with van der Waals surface area (Å²) in [6.45, 7) is 6.51. The molecule has 21 heavy (non-hydrogen) atoms. The van der Waals surface area contributed by atoms with E-state index in [-0.39, 0.29) is 11.9 Å². The number of hydrogen-bond donors (Lipinski definition) is 0. The van der Waals surface area contributed by atoms with Crippen LogP contribution in [0.25, 0.3) is 0 Å². The van der Waals surface area contributed by atoms with Crippen molar-refractivity contribution in [3.8, 4) is 0 Å². The smallest absolute Gasteiger partial charge is 0.255 e. The van der Waals surface area contributed by atoms with Crippen molar-refractivity contribution < 1.29 is 9.53 Å². The van der Waals surface area contributed by atoms with Crippen LogP contribution >= 0.6 is 0 Å². The van der Waals surface area contributed by atoms with Crippen LogP contribution in [-0.2, 0) is 4.74 Å². The first-order valence-corrected chi connectivity index (χ1v) is 7.65. The highest BCUT2D eigenvalue weighted by atomic mass is 16.5. The molecule has 1 aromatic heterocycles. The fourth-order valence-electron chi connectivity index (χ4n) is 3.25. The van der Waals surface area contributed by atoms with Crippen molar-refractivity contribution in [1.82, 2.24) is 20.0 Å². The van der Waals surface area contributed by atoms with E-state index in [9.17, 15) is 4.79 Å². The summed E-state index contributed by atoms with van der Waals surface area (Å²) in [7, 11) is 0. The lowest BCUT2D eigenvalue weighted by Gasteiger charge is -2.44. The molecule has 0 unspecified atom stereocenters. The molecule has 0 radical (unpaired) electrons. The molecular formula is C15H22N4O2. The molecule has 2 fully saturated rings. The average Bonchev–Trinajstić information content (AvgIpc) is 2.56. The molecule has 2 aliphatic rings. The van der Waals surface area contributed by atoms with Crippen molar-refractivity contribution in [3.05, 3.63) is 24.0 Å². The summed E-state index contributed by atoms with van der Waals surface area (Å²) >= 11 is 0. The third-order valence-electron chi connectivity index (χ3n) is 4.46. The van der Waals surface area contributed by atoms with Crippen molar-refractivity contribution in [1.29, 1.82) is 0 Å². The molecule has 0 aliphatic carbocycles. The molecule has 6 heteroatoms. The summed E-state index contributed by atoms with van der Waals surface area (Å²) in [4.78, 5) is 17.0. The Labute approximate surface area is 125 Å². The van der Waals surface area contributed by atoms with Crippen LogP contribution in [0.5, 0.6) is 0 Å². The van der Waals surface area contributed by atoms with Gasteiger partial charge in [0.05, 0.1) is 18.0 Å². The zero-order chi connectivity index (χ0) is 14.7. The Hall–Kier alpha value is -1.53. The molecular weight excluding hydrogens is 268 g/mol. The van der Waals surface area contributed by atoms with Crippen LogP contribution in [0.4, 0.5) is 0 Å². The lowest BCUT2D eigenvalue weighted by atomic mass is 10.0. The highest BCUT2D eigenvalue weighted by Gasteiger charge is 2.32. The largest absolute Gasteiger partial charge is 0.381 e. The van der Waals surface area contributed by atoms with Crippen LogP contribution in [-0.4, -0.2) is 70.8 Å². The first kappa shape index (κ1) is 14.4. The third kappa shape index (κ3) is 3.22. The monoisotopic (exact) mass is 290 g/mol. The Bertz CT molecular complexity index is 476. The number of carbonyl (C=O) groups excluding carboxylic acids is 1. The topological polar surface area (TPSA) is 58.6 Å². The molecule has 1 aromatic rings. The maximum atomic E-state index is 12.5. The number of hydrogen-bond acceptors (Lipinski definition) is 5. The van der Waals surface area contributed by atoms with Gasteiger partial charge in [-0.25, -0.2) is 0 Å². The fourth-order valence-corrected chi connectivity index (χ4v) is 3.25. The molecule has 3 rings (SSSR count). The summed E-state index contributed by atoms with van der Waals surface area (Å²) in [6, 6.07) is 2.57. The predicted molar refractivity (Wildman–Crippen MR) is 77.9 cm³/mol. The van der Waals surface area contributed by atoms with Crippen LogP contribution in [0, 0.1) is 0 Å². The molecule has 2 saturated heterocycles. The van der Waals surface area contributed by atoms with Crippen molar-refractivity contribution >= 4 is 5.91 Å². The minimum atomic E-state index is 0.0593. The normalized spacial score (nSPS) is 25.0. The summed E-state index contributed by atoms with van der Waals surface area (Å²) in [5.41, 5.74) is 0.622. The number of nitrogens with zero attached hydrogens (tertiary/aromatic N) is 4. The second kappa shape index (κ2) is 6.49. The molecule has 1 amide bonds. The van der Waals surface area contributed by atoms with Gasteiger partial charge in [0, 0.05) is 44.9 Å². The number of amides is 1. The lowest BCUT2D eigenvalue weighted by Crippen LogP contribution is -2.57. The second-order valence-electron chi connectivity index (χ2n) is 5.82. The van der Waals surface area contributed by atoms with E-state index < -0.39 is 0 Å². The van der Waals surface area contributed by atoms with E-state index >= 15 is 0 Å². The molecule has 3 heterocycles. The van der Waals surface area contributed by atoms with E-state index in [1.165, 1.54) is 0 Å². The van der Waals surface area contributed by atoms with Crippen LogP contribution in [0.3, 0.4) is 0 Å². The van der Waals surface area contributed by atoms with Gasteiger partial charge < -0.3 is 9.64 Å². The van der Waals surface area contributed by atoms with E-state index in [0.29, 0.717) is 11.6 Å². The van der Waals surface area contributed by atoms with E-state index in [0.717, 1.165) is 45.7 Å². The Balaban J connectivity index is 1.62. The molecule has 2 aliphatic heterocycles. The minimum absolute atomic E-state index is 0.0593. The summed E-state index contributed by atoms with van der Waals surface area (Å²) < 4.78 is 5.43. The van der Waals surface area contributed by atoms with Gasteiger partial charge in [0.25, 0.3) is 5.91 Å². The highest BCUT2D eigenvalue weighted by Crippen LogP contribution is 2.20. The van der Waals surface area contributed by atoms with Gasteiger partial charge in [-0.15, -0.1) is 0 Å². The number of rotatable bonds is 2. The number of ether oxygens (including phenoxy) is 1. The van der Waals surface area contributed by atoms with E-state index in [1.807, 2.05) is 4.90 Å². The zero-order valence-electron chi connectivity index (χ0n) is 12.4. The molecule has 1 atom stereocenters. The van der Waals surface area contributed by atoms with Gasteiger partial charge in [0.1, 0.15) is 0 Å². The maximum absolute atomic E-state index is 12.5. The van der Waals surface area contributed by atoms with Gasteiger partial charge in [0.15, 0.2) is 0 Å².